The maximum atomic E-state index is 12.6. The van der Waals surface area contributed by atoms with E-state index in [9.17, 15) is 4.79 Å². The third-order valence-corrected chi connectivity index (χ3v) is 3.56. The van der Waals surface area contributed by atoms with E-state index in [4.69, 9.17) is 0 Å². The van der Waals surface area contributed by atoms with Gasteiger partial charge in [-0.2, -0.15) is 0 Å². The van der Waals surface area contributed by atoms with E-state index in [1.807, 2.05) is 35.2 Å². The van der Waals surface area contributed by atoms with Crippen molar-refractivity contribution in [3.8, 4) is 0 Å². The molecule has 0 saturated carbocycles. The van der Waals surface area contributed by atoms with E-state index in [1.54, 1.807) is 0 Å². The van der Waals surface area contributed by atoms with E-state index < -0.39 is 0 Å². The van der Waals surface area contributed by atoms with E-state index in [0.29, 0.717) is 18.4 Å². The summed E-state index contributed by atoms with van der Waals surface area (Å²) in [5.74, 6) is 0.661. The molecular formula is C16H24N2O. The highest BCUT2D eigenvalue weighted by Crippen LogP contribution is 2.23. The Morgan fingerprint density at radius 2 is 1.89 bits per heavy atom. The van der Waals surface area contributed by atoms with Crippen LogP contribution in [0.3, 0.4) is 0 Å². The van der Waals surface area contributed by atoms with Crippen LogP contribution in [0.25, 0.3) is 0 Å². The zero-order chi connectivity index (χ0) is 13.7. The molecule has 1 N–H and O–H groups in total. The molecule has 1 amide bonds. The molecule has 0 unspecified atom stereocenters. The highest BCUT2D eigenvalue weighted by atomic mass is 16.2. The molecule has 1 saturated heterocycles. The lowest BCUT2D eigenvalue weighted by atomic mass is 10.0. The van der Waals surface area contributed by atoms with Crippen LogP contribution in [-0.4, -0.2) is 25.0 Å². The monoisotopic (exact) mass is 260 g/mol. The van der Waals surface area contributed by atoms with Gasteiger partial charge in [0.05, 0.1) is 0 Å². The van der Waals surface area contributed by atoms with Crippen LogP contribution in [0.5, 0.6) is 0 Å². The van der Waals surface area contributed by atoms with Crippen LogP contribution in [0.1, 0.15) is 33.1 Å². The third-order valence-electron chi connectivity index (χ3n) is 3.56. The van der Waals surface area contributed by atoms with Crippen LogP contribution < -0.4 is 10.2 Å². The second kappa shape index (κ2) is 6.71. The maximum absolute atomic E-state index is 12.6. The Balaban J connectivity index is 2.19. The predicted molar refractivity (Wildman–Crippen MR) is 79.3 cm³/mol. The van der Waals surface area contributed by atoms with Gasteiger partial charge in [-0.05, 0) is 44.0 Å². The molecule has 1 aromatic carbocycles. The van der Waals surface area contributed by atoms with Gasteiger partial charge in [0.25, 0.3) is 0 Å². The summed E-state index contributed by atoms with van der Waals surface area (Å²) in [5, 5.41) is 3.36. The van der Waals surface area contributed by atoms with Crippen molar-refractivity contribution in [3.05, 3.63) is 30.3 Å². The van der Waals surface area contributed by atoms with Crippen molar-refractivity contribution in [2.24, 2.45) is 5.92 Å². The van der Waals surface area contributed by atoms with Gasteiger partial charge >= 0.3 is 0 Å². The van der Waals surface area contributed by atoms with Gasteiger partial charge < -0.3 is 10.2 Å². The topological polar surface area (TPSA) is 32.3 Å². The number of anilines is 1. The highest BCUT2D eigenvalue weighted by Gasteiger charge is 2.26. The highest BCUT2D eigenvalue weighted by molar-refractivity contribution is 5.94. The predicted octanol–water partition coefficient (Wildman–Crippen LogP) is 2.82. The average Bonchev–Trinajstić information content (AvgIpc) is 2.40. The van der Waals surface area contributed by atoms with E-state index >= 15 is 0 Å². The molecule has 0 aliphatic carbocycles. The number of nitrogens with zero attached hydrogens (tertiary/aromatic N) is 1. The SMILES string of the molecule is CC(C)CC(=O)N(c1ccccc1)C1CCNCC1. The van der Waals surface area contributed by atoms with E-state index in [-0.39, 0.29) is 5.91 Å². The molecule has 3 heteroatoms. The van der Waals surface area contributed by atoms with Gasteiger partial charge in [-0.1, -0.05) is 32.0 Å². The van der Waals surface area contributed by atoms with Crippen molar-refractivity contribution in [1.82, 2.24) is 5.32 Å². The number of piperidine rings is 1. The Labute approximate surface area is 116 Å². The van der Waals surface area contributed by atoms with Crippen molar-refractivity contribution in [1.29, 1.82) is 0 Å². The number of carbonyl (C=O) groups excluding carboxylic acids is 1. The zero-order valence-electron chi connectivity index (χ0n) is 11.9. The minimum absolute atomic E-state index is 0.258. The fourth-order valence-corrected chi connectivity index (χ4v) is 2.66. The number of amides is 1. The van der Waals surface area contributed by atoms with E-state index in [1.165, 1.54) is 0 Å². The summed E-state index contributed by atoms with van der Waals surface area (Å²) >= 11 is 0. The summed E-state index contributed by atoms with van der Waals surface area (Å²) in [6.07, 6.45) is 2.70. The first kappa shape index (κ1) is 14.1. The number of benzene rings is 1. The maximum Gasteiger partial charge on any atom is 0.227 e. The standard InChI is InChI=1S/C16H24N2O/c1-13(2)12-16(19)18(14-6-4-3-5-7-14)15-8-10-17-11-9-15/h3-7,13,15,17H,8-12H2,1-2H3. The van der Waals surface area contributed by atoms with Gasteiger partial charge in [0.2, 0.25) is 5.91 Å². The number of rotatable bonds is 4. The molecule has 3 nitrogen and oxygen atoms in total. The van der Waals surface area contributed by atoms with Gasteiger partial charge in [-0.15, -0.1) is 0 Å². The van der Waals surface area contributed by atoms with Gasteiger partial charge in [0.1, 0.15) is 0 Å². The van der Waals surface area contributed by atoms with Crippen molar-refractivity contribution in [3.63, 3.8) is 0 Å². The lowest BCUT2D eigenvalue weighted by molar-refractivity contribution is -0.119. The number of hydrogen-bond acceptors (Lipinski definition) is 2. The first-order valence-corrected chi connectivity index (χ1v) is 7.26. The summed E-state index contributed by atoms with van der Waals surface area (Å²) < 4.78 is 0. The van der Waals surface area contributed by atoms with Crippen molar-refractivity contribution in [2.45, 2.75) is 39.2 Å². The van der Waals surface area contributed by atoms with Gasteiger partial charge in [0, 0.05) is 18.2 Å². The quantitative estimate of drug-likeness (QED) is 0.903. The first-order valence-electron chi connectivity index (χ1n) is 7.26. The average molecular weight is 260 g/mol. The Bertz CT molecular complexity index is 396. The Kier molecular flexibility index (Phi) is 4.97. The summed E-state index contributed by atoms with van der Waals surface area (Å²) in [6, 6.07) is 10.4. The molecule has 1 aliphatic heterocycles. The molecule has 0 radical (unpaired) electrons. The van der Waals surface area contributed by atoms with Crippen molar-refractivity contribution < 1.29 is 4.79 Å². The van der Waals surface area contributed by atoms with Crippen LogP contribution in [0.15, 0.2) is 30.3 Å². The van der Waals surface area contributed by atoms with Crippen LogP contribution in [0, 0.1) is 5.92 Å². The summed E-state index contributed by atoms with van der Waals surface area (Å²) in [7, 11) is 0. The molecule has 19 heavy (non-hydrogen) atoms. The molecule has 0 bridgehead atoms. The molecule has 0 aromatic heterocycles. The normalized spacial score (nSPS) is 16.6. The van der Waals surface area contributed by atoms with Gasteiger partial charge in [-0.25, -0.2) is 0 Å². The molecule has 0 spiro atoms. The van der Waals surface area contributed by atoms with Crippen LogP contribution >= 0.6 is 0 Å². The lowest BCUT2D eigenvalue weighted by Gasteiger charge is -2.35. The molecule has 1 heterocycles. The fourth-order valence-electron chi connectivity index (χ4n) is 2.66. The third kappa shape index (κ3) is 3.80. The molecule has 0 atom stereocenters. The summed E-state index contributed by atoms with van der Waals surface area (Å²) in [6.45, 7) is 6.21. The molecule has 1 aromatic rings. The lowest BCUT2D eigenvalue weighted by Crippen LogP contribution is -2.46. The molecule has 1 aliphatic rings. The number of carbonyl (C=O) groups is 1. The number of para-hydroxylation sites is 1. The minimum atomic E-state index is 0.258. The largest absolute Gasteiger partial charge is 0.317 e. The van der Waals surface area contributed by atoms with E-state index in [2.05, 4.69) is 19.2 Å². The van der Waals surface area contributed by atoms with Crippen molar-refractivity contribution >= 4 is 11.6 Å². The van der Waals surface area contributed by atoms with E-state index in [0.717, 1.165) is 31.6 Å². The van der Waals surface area contributed by atoms with Crippen LogP contribution in [0.2, 0.25) is 0 Å². The van der Waals surface area contributed by atoms with Crippen LogP contribution in [0.4, 0.5) is 5.69 Å². The fraction of sp³-hybridized carbons (Fsp3) is 0.562. The molecule has 2 rings (SSSR count). The molecular weight excluding hydrogens is 236 g/mol. The summed E-state index contributed by atoms with van der Waals surface area (Å²) in [5.41, 5.74) is 1.04. The zero-order valence-corrected chi connectivity index (χ0v) is 11.9. The van der Waals surface area contributed by atoms with Gasteiger partial charge in [0.15, 0.2) is 0 Å². The van der Waals surface area contributed by atoms with Crippen LogP contribution in [-0.2, 0) is 4.79 Å². The molecule has 1 fully saturated rings. The smallest absolute Gasteiger partial charge is 0.227 e. The minimum Gasteiger partial charge on any atom is -0.317 e. The second-order valence-electron chi connectivity index (χ2n) is 5.68. The number of nitrogens with one attached hydrogen (secondary N) is 1. The summed E-state index contributed by atoms with van der Waals surface area (Å²) in [4.78, 5) is 14.6. The second-order valence-corrected chi connectivity index (χ2v) is 5.68. The first-order chi connectivity index (χ1) is 9.18. The Hall–Kier alpha value is -1.35. The van der Waals surface area contributed by atoms with Gasteiger partial charge in [-0.3, -0.25) is 4.79 Å². The Morgan fingerprint density at radius 3 is 2.47 bits per heavy atom. The number of hydrogen-bond donors (Lipinski definition) is 1. The molecule has 104 valence electrons. The van der Waals surface area contributed by atoms with Crippen molar-refractivity contribution in [2.75, 3.05) is 18.0 Å². The Morgan fingerprint density at radius 1 is 1.26 bits per heavy atom.